The van der Waals surface area contributed by atoms with E-state index in [1.165, 1.54) is 18.4 Å². The van der Waals surface area contributed by atoms with Crippen LogP contribution in [-0.2, 0) is 11.3 Å². The third-order valence-corrected chi connectivity index (χ3v) is 4.59. The van der Waals surface area contributed by atoms with E-state index in [1.54, 1.807) is 0 Å². The number of nitrogens with one attached hydrogen (secondary N) is 1. The number of rotatable bonds is 6. The second-order valence-electron chi connectivity index (χ2n) is 6.18. The monoisotopic (exact) mass is 324 g/mol. The van der Waals surface area contributed by atoms with Crippen LogP contribution in [0.2, 0.25) is 0 Å². The molecular weight excluding hydrogens is 296 g/mol. The Hall–Kier alpha value is -1.06. The fraction of sp³-hybridized carbons (Fsp3) is 0.611. The molecule has 0 bridgehead atoms. The predicted molar refractivity (Wildman–Crippen MR) is 94.2 cm³/mol. The molecule has 1 saturated heterocycles. The summed E-state index contributed by atoms with van der Waals surface area (Å²) in [6, 6.07) is 10.3. The van der Waals surface area contributed by atoms with Gasteiger partial charge in [0, 0.05) is 19.5 Å². The van der Waals surface area contributed by atoms with Crippen LogP contribution in [0.5, 0.6) is 0 Å². The van der Waals surface area contributed by atoms with E-state index in [0.29, 0.717) is 24.2 Å². The fourth-order valence-corrected chi connectivity index (χ4v) is 3.12. The molecule has 1 heterocycles. The molecule has 0 radical (unpaired) electrons. The first kappa shape index (κ1) is 19.0. The zero-order valence-corrected chi connectivity index (χ0v) is 14.6. The quantitative estimate of drug-likeness (QED) is 0.868. The van der Waals surface area contributed by atoms with Crippen LogP contribution in [0.15, 0.2) is 30.3 Å². The van der Waals surface area contributed by atoms with E-state index in [-0.39, 0.29) is 12.4 Å². The molecule has 0 aromatic heterocycles. The van der Waals surface area contributed by atoms with Gasteiger partial charge in [-0.05, 0) is 50.3 Å². The normalized spacial score (nSPS) is 19.1. The Balaban J connectivity index is 0.00000242. The average molecular weight is 325 g/mol. The number of amides is 1. The van der Waals surface area contributed by atoms with Gasteiger partial charge >= 0.3 is 0 Å². The van der Waals surface area contributed by atoms with Crippen molar-refractivity contribution in [2.75, 3.05) is 19.6 Å². The number of nitrogens with zero attached hydrogens (tertiary/aromatic N) is 1. The summed E-state index contributed by atoms with van der Waals surface area (Å²) in [6.07, 6.45) is 3.17. The summed E-state index contributed by atoms with van der Waals surface area (Å²) in [7, 11) is 0. The molecule has 1 amide bonds. The van der Waals surface area contributed by atoms with Crippen molar-refractivity contribution >= 4 is 18.3 Å². The highest BCUT2D eigenvalue weighted by molar-refractivity contribution is 5.85. The van der Waals surface area contributed by atoms with Gasteiger partial charge in [-0.15, -0.1) is 12.4 Å². The number of piperidine rings is 1. The first-order chi connectivity index (χ1) is 10.2. The van der Waals surface area contributed by atoms with Crippen molar-refractivity contribution in [3.05, 3.63) is 35.9 Å². The Morgan fingerprint density at radius 1 is 1.36 bits per heavy atom. The molecule has 4 heteroatoms. The lowest BCUT2D eigenvalue weighted by atomic mass is 9.85. The predicted octanol–water partition coefficient (Wildman–Crippen LogP) is 3.48. The maximum Gasteiger partial charge on any atom is 0.223 e. The van der Waals surface area contributed by atoms with Gasteiger partial charge in [-0.1, -0.05) is 37.3 Å². The lowest BCUT2D eigenvalue weighted by Crippen LogP contribution is -2.37. The maximum absolute atomic E-state index is 12.5. The molecule has 3 nitrogen and oxygen atoms in total. The number of carbonyl (C=O) groups is 1. The second-order valence-corrected chi connectivity index (χ2v) is 6.18. The average Bonchev–Trinajstić information content (AvgIpc) is 2.54. The van der Waals surface area contributed by atoms with Gasteiger partial charge in [0.25, 0.3) is 0 Å². The van der Waals surface area contributed by atoms with Crippen LogP contribution >= 0.6 is 12.4 Å². The summed E-state index contributed by atoms with van der Waals surface area (Å²) in [4.78, 5) is 14.5. The highest BCUT2D eigenvalue weighted by Gasteiger charge is 2.23. The summed E-state index contributed by atoms with van der Waals surface area (Å²) in [5.41, 5.74) is 1.21. The summed E-state index contributed by atoms with van der Waals surface area (Å²) in [5.74, 6) is 1.41. The molecular formula is C18H29ClN2O. The van der Waals surface area contributed by atoms with Crippen molar-refractivity contribution in [1.29, 1.82) is 0 Å². The van der Waals surface area contributed by atoms with Gasteiger partial charge in [0.15, 0.2) is 0 Å². The molecule has 0 saturated carbocycles. The highest BCUT2D eigenvalue weighted by atomic mass is 35.5. The number of benzene rings is 1. The van der Waals surface area contributed by atoms with Crippen molar-refractivity contribution in [3.8, 4) is 0 Å². The smallest absolute Gasteiger partial charge is 0.223 e. The number of halogens is 1. The number of carbonyl (C=O) groups excluding carboxylic acids is 1. The highest BCUT2D eigenvalue weighted by Crippen LogP contribution is 2.23. The van der Waals surface area contributed by atoms with Crippen LogP contribution in [0.25, 0.3) is 0 Å². The first-order valence-electron chi connectivity index (χ1n) is 8.23. The Morgan fingerprint density at radius 2 is 2.09 bits per heavy atom. The van der Waals surface area contributed by atoms with Gasteiger partial charge in [-0.3, -0.25) is 4.79 Å². The minimum absolute atomic E-state index is 0. The third kappa shape index (κ3) is 5.62. The third-order valence-electron chi connectivity index (χ3n) is 4.59. The van der Waals surface area contributed by atoms with Gasteiger partial charge in [-0.2, -0.15) is 0 Å². The molecule has 22 heavy (non-hydrogen) atoms. The summed E-state index contributed by atoms with van der Waals surface area (Å²) in [6.45, 7) is 8.00. The van der Waals surface area contributed by atoms with E-state index in [0.717, 1.165) is 26.2 Å². The zero-order valence-electron chi connectivity index (χ0n) is 13.8. The SMILES string of the molecule is CCN(Cc1ccccc1)C(=O)CC(C)C1CCCNC1.Cl. The first-order valence-corrected chi connectivity index (χ1v) is 8.23. The van der Waals surface area contributed by atoms with E-state index >= 15 is 0 Å². The minimum atomic E-state index is 0. The topological polar surface area (TPSA) is 32.3 Å². The Kier molecular flexibility index (Phi) is 8.51. The fourth-order valence-electron chi connectivity index (χ4n) is 3.12. The van der Waals surface area contributed by atoms with Crippen molar-refractivity contribution < 1.29 is 4.79 Å². The molecule has 1 fully saturated rings. The molecule has 1 N–H and O–H groups in total. The van der Waals surface area contributed by atoms with Gasteiger partial charge in [0.05, 0.1) is 0 Å². The van der Waals surface area contributed by atoms with Crippen LogP contribution in [-0.4, -0.2) is 30.4 Å². The second kappa shape index (κ2) is 9.86. The molecule has 2 unspecified atom stereocenters. The van der Waals surface area contributed by atoms with E-state index < -0.39 is 0 Å². The van der Waals surface area contributed by atoms with Crippen molar-refractivity contribution in [2.45, 2.75) is 39.7 Å². The van der Waals surface area contributed by atoms with Gasteiger partial charge in [-0.25, -0.2) is 0 Å². The standard InChI is InChI=1S/C18H28N2O.ClH/c1-3-20(14-16-8-5-4-6-9-16)18(21)12-15(2)17-10-7-11-19-13-17;/h4-6,8-9,15,17,19H,3,7,10-14H2,1-2H3;1H. The summed E-state index contributed by atoms with van der Waals surface area (Å²) >= 11 is 0. The van der Waals surface area contributed by atoms with Gasteiger partial charge in [0.1, 0.15) is 0 Å². The number of hydrogen-bond donors (Lipinski definition) is 1. The van der Waals surface area contributed by atoms with Crippen LogP contribution in [0, 0.1) is 11.8 Å². The van der Waals surface area contributed by atoms with Crippen LogP contribution in [0.3, 0.4) is 0 Å². The molecule has 1 aromatic carbocycles. The van der Waals surface area contributed by atoms with Gasteiger partial charge < -0.3 is 10.2 Å². The summed E-state index contributed by atoms with van der Waals surface area (Å²) in [5, 5.41) is 3.45. The van der Waals surface area contributed by atoms with E-state index in [4.69, 9.17) is 0 Å². The zero-order chi connectivity index (χ0) is 15.1. The van der Waals surface area contributed by atoms with E-state index in [2.05, 4.69) is 31.3 Å². The van der Waals surface area contributed by atoms with E-state index in [1.807, 2.05) is 23.1 Å². The molecule has 124 valence electrons. The molecule has 1 aromatic rings. The lowest BCUT2D eigenvalue weighted by Gasteiger charge is -2.30. The summed E-state index contributed by atoms with van der Waals surface area (Å²) < 4.78 is 0. The van der Waals surface area contributed by atoms with Gasteiger partial charge in [0.2, 0.25) is 5.91 Å². The van der Waals surface area contributed by atoms with Crippen molar-refractivity contribution in [1.82, 2.24) is 10.2 Å². The molecule has 0 spiro atoms. The molecule has 1 aliphatic heterocycles. The van der Waals surface area contributed by atoms with Crippen molar-refractivity contribution in [3.63, 3.8) is 0 Å². The maximum atomic E-state index is 12.5. The lowest BCUT2D eigenvalue weighted by molar-refractivity contribution is -0.133. The Bertz CT molecular complexity index is 432. The molecule has 2 atom stereocenters. The molecule has 2 rings (SSSR count). The number of hydrogen-bond acceptors (Lipinski definition) is 2. The van der Waals surface area contributed by atoms with E-state index in [9.17, 15) is 4.79 Å². The minimum Gasteiger partial charge on any atom is -0.339 e. The largest absolute Gasteiger partial charge is 0.339 e. The van der Waals surface area contributed by atoms with Crippen LogP contribution in [0.1, 0.15) is 38.7 Å². The molecule has 0 aliphatic carbocycles. The Labute approximate surface area is 140 Å². The van der Waals surface area contributed by atoms with Crippen LogP contribution in [0.4, 0.5) is 0 Å². The van der Waals surface area contributed by atoms with Crippen LogP contribution < -0.4 is 5.32 Å². The molecule has 1 aliphatic rings. The van der Waals surface area contributed by atoms with Crippen molar-refractivity contribution in [2.24, 2.45) is 11.8 Å². The Morgan fingerprint density at radius 3 is 2.68 bits per heavy atom.